The van der Waals surface area contributed by atoms with Crippen LogP contribution in [-0.4, -0.2) is 16.9 Å². The molecule has 0 bridgehead atoms. The molecule has 1 atom stereocenters. The van der Waals surface area contributed by atoms with E-state index in [-0.39, 0.29) is 22.9 Å². The first-order valence-electron chi connectivity index (χ1n) is 5.61. The van der Waals surface area contributed by atoms with Crippen molar-refractivity contribution in [3.8, 4) is 6.07 Å². The van der Waals surface area contributed by atoms with Crippen LogP contribution in [0.5, 0.6) is 0 Å². The number of nitro benzene ring substituents is 1. The highest BCUT2D eigenvalue weighted by Gasteiger charge is 2.25. The van der Waals surface area contributed by atoms with Crippen molar-refractivity contribution in [1.29, 1.82) is 5.26 Å². The Bertz CT molecular complexity index is 548. The number of primary amides is 1. The highest BCUT2D eigenvalue weighted by atomic mass is 16.6. The number of carbonyl (C=O) groups excluding carboxylic acids is 1. The van der Waals surface area contributed by atoms with Gasteiger partial charge in [0.25, 0.3) is 0 Å². The molecule has 7 heteroatoms. The summed E-state index contributed by atoms with van der Waals surface area (Å²) in [6.45, 7) is 3.53. The van der Waals surface area contributed by atoms with Crippen LogP contribution in [0.1, 0.15) is 19.4 Å². The van der Waals surface area contributed by atoms with Gasteiger partial charge in [-0.15, -0.1) is 0 Å². The predicted molar refractivity (Wildman–Crippen MR) is 69.3 cm³/mol. The van der Waals surface area contributed by atoms with E-state index in [4.69, 9.17) is 11.0 Å². The zero-order valence-electron chi connectivity index (χ0n) is 10.6. The Kier molecular flexibility index (Phi) is 4.42. The van der Waals surface area contributed by atoms with Crippen LogP contribution in [0.3, 0.4) is 0 Å². The fraction of sp³-hybridized carbons (Fsp3) is 0.333. The van der Waals surface area contributed by atoms with E-state index in [0.29, 0.717) is 0 Å². The van der Waals surface area contributed by atoms with E-state index in [2.05, 4.69) is 5.32 Å². The molecule has 0 radical (unpaired) electrons. The van der Waals surface area contributed by atoms with Gasteiger partial charge in [-0.2, -0.15) is 5.26 Å². The van der Waals surface area contributed by atoms with Crippen molar-refractivity contribution in [1.82, 2.24) is 0 Å². The number of para-hydroxylation sites is 1. The van der Waals surface area contributed by atoms with Gasteiger partial charge < -0.3 is 11.1 Å². The molecule has 0 aliphatic carbocycles. The van der Waals surface area contributed by atoms with E-state index >= 15 is 0 Å². The number of carbonyl (C=O) groups is 1. The van der Waals surface area contributed by atoms with Crippen LogP contribution in [0.25, 0.3) is 0 Å². The molecule has 0 aliphatic rings. The van der Waals surface area contributed by atoms with Crippen LogP contribution < -0.4 is 11.1 Å². The first-order valence-corrected chi connectivity index (χ1v) is 5.61. The van der Waals surface area contributed by atoms with Crippen molar-refractivity contribution in [2.75, 3.05) is 5.32 Å². The second kappa shape index (κ2) is 5.82. The van der Waals surface area contributed by atoms with Crippen molar-refractivity contribution in [3.05, 3.63) is 33.9 Å². The monoisotopic (exact) mass is 262 g/mol. The van der Waals surface area contributed by atoms with Crippen LogP contribution in [0.15, 0.2) is 18.2 Å². The largest absolute Gasteiger partial charge is 0.368 e. The number of benzene rings is 1. The average Bonchev–Trinajstić information content (AvgIpc) is 2.34. The molecule has 0 saturated carbocycles. The topological polar surface area (TPSA) is 122 Å². The number of amides is 1. The molecule has 1 unspecified atom stereocenters. The maximum Gasteiger partial charge on any atom is 0.309 e. The van der Waals surface area contributed by atoms with E-state index in [0.717, 1.165) is 0 Å². The minimum Gasteiger partial charge on any atom is -0.368 e. The van der Waals surface area contributed by atoms with E-state index < -0.39 is 16.9 Å². The lowest BCUT2D eigenvalue weighted by molar-refractivity contribution is -0.384. The lowest BCUT2D eigenvalue weighted by Crippen LogP contribution is -2.39. The summed E-state index contributed by atoms with van der Waals surface area (Å²) < 4.78 is 0. The number of nitriles is 1. The number of nitrogens with two attached hydrogens (primary N) is 1. The molecule has 1 amide bonds. The number of hydrogen-bond acceptors (Lipinski definition) is 5. The van der Waals surface area contributed by atoms with Gasteiger partial charge >= 0.3 is 5.69 Å². The molecule has 19 heavy (non-hydrogen) atoms. The Morgan fingerprint density at radius 1 is 1.53 bits per heavy atom. The summed E-state index contributed by atoms with van der Waals surface area (Å²) in [5.74, 6) is -0.741. The molecule has 100 valence electrons. The molecule has 1 aromatic carbocycles. The molecule has 1 aromatic rings. The minimum absolute atomic E-state index is 0.0676. The summed E-state index contributed by atoms with van der Waals surface area (Å²) in [6.07, 6.45) is 0. The maximum atomic E-state index is 11.3. The third-order valence-electron chi connectivity index (χ3n) is 2.62. The average molecular weight is 262 g/mol. The van der Waals surface area contributed by atoms with Crippen molar-refractivity contribution in [3.63, 3.8) is 0 Å². The Morgan fingerprint density at radius 3 is 2.58 bits per heavy atom. The van der Waals surface area contributed by atoms with Crippen LogP contribution in [-0.2, 0) is 4.79 Å². The number of hydrogen-bond donors (Lipinski definition) is 2. The summed E-state index contributed by atoms with van der Waals surface area (Å²) in [4.78, 5) is 21.7. The van der Waals surface area contributed by atoms with Crippen molar-refractivity contribution < 1.29 is 9.72 Å². The van der Waals surface area contributed by atoms with Crippen LogP contribution in [0, 0.1) is 27.4 Å². The van der Waals surface area contributed by atoms with Gasteiger partial charge in [0.2, 0.25) is 5.91 Å². The van der Waals surface area contributed by atoms with Crippen LogP contribution in [0.4, 0.5) is 11.4 Å². The smallest absolute Gasteiger partial charge is 0.309 e. The van der Waals surface area contributed by atoms with Crippen molar-refractivity contribution in [2.45, 2.75) is 19.9 Å². The molecule has 0 aliphatic heterocycles. The summed E-state index contributed by atoms with van der Waals surface area (Å²) >= 11 is 0. The van der Waals surface area contributed by atoms with Gasteiger partial charge in [0.15, 0.2) is 0 Å². The molecule has 3 N–H and O–H groups in total. The number of anilines is 1. The standard InChI is InChI=1S/C12H14N4O3/c1-7(2)10(12(14)17)15-9-5-3-4-8(6-13)11(9)16(18)19/h3-5,7,10,15H,1-2H3,(H2,14,17). The summed E-state index contributed by atoms with van der Waals surface area (Å²) in [6, 6.07) is 5.30. The van der Waals surface area contributed by atoms with Gasteiger partial charge in [0, 0.05) is 0 Å². The molecule has 0 spiro atoms. The molecule has 0 heterocycles. The third kappa shape index (κ3) is 3.19. The van der Waals surface area contributed by atoms with Gasteiger partial charge in [-0.1, -0.05) is 19.9 Å². The van der Waals surface area contributed by atoms with E-state index in [9.17, 15) is 14.9 Å². The molecule has 1 rings (SSSR count). The lowest BCUT2D eigenvalue weighted by atomic mass is 10.0. The fourth-order valence-corrected chi connectivity index (χ4v) is 1.68. The molecule has 0 saturated heterocycles. The highest BCUT2D eigenvalue weighted by Crippen LogP contribution is 2.29. The number of nitrogens with one attached hydrogen (secondary N) is 1. The van der Waals surface area contributed by atoms with E-state index in [1.54, 1.807) is 19.9 Å². The Hall–Kier alpha value is -2.62. The summed E-state index contributed by atoms with van der Waals surface area (Å²) in [5, 5.41) is 22.6. The molecule has 0 fully saturated rings. The van der Waals surface area contributed by atoms with Gasteiger partial charge in [-0.3, -0.25) is 14.9 Å². The Morgan fingerprint density at radius 2 is 2.16 bits per heavy atom. The van der Waals surface area contributed by atoms with Crippen LogP contribution >= 0.6 is 0 Å². The minimum atomic E-state index is -0.743. The first-order chi connectivity index (χ1) is 8.88. The van der Waals surface area contributed by atoms with Crippen LogP contribution in [0.2, 0.25) is 0 Å². The summed E-state index contributed by atoms with van der Waals surface area (Å²) in [7, 11) is 0. The SMILES string of the molecule is CC(C)C(Nc1cccc(C#N)c1[N+](=O)[O-])C(N)=O. The molecular formula is C12H14N4O3. The molecular weight excluding hydrogens is 248 g/mol. The van der Waals surface area contributed by atoms with Gasteiger partial charge in [0.1, 0.15) is 23.4 Å². The van der Waals surface area contributed by atoms with Gasteiger partial charge in [-0.25, -0.2) is 0 Å². The van der Waals surface area contributed by atoms with E-state index in [1.807, 2.05) is 0 Å². The van der Waals surface area contributed by atoms with E-state index in [1.165, 1.54) is 18.2 Å². The zero-order valence-corrected chi connectivity index (χ0v) is 10.6. The van der Waals surface area contributed by atoms with Crippen molar-refractivity contribution in [2.24, 2.45) is 11.7 Å². The lowest BCUT2D eigenvalue weighted by Gasteiger charge is -2.20. The predicted octanol–water partition coefficient (Wildman–Crippen LogP) is 1.39. The Balaban J connectivity index is 3.25. The fourth-order valence-electron chi connectivity index (χ4n) is 1.68. The second-order valence-electron chi connectivity index (χ2n) is 4.34. The second-order valence-corrected chi connectivity index (χ2v) is 4.34. The van der Waals surface area contributed by atoms with Gasteiger partial charge in [0.05, 0.1) is 4.92 Å². The highest BCUT2D eigenvalue weighted by molar-refractivity contribution is 5.84. The first kappa shape index (κ1) is 14.4. The normalized spacial score (nSPS) is 11.7. The quantitative estimate of drug-likeness (QED) is 0.613. The Labute approximate surface area is 110 Å². The number of nitro groups is 1. The zero-order chi connectivity index (χ0) is 14.6. The maximum absolute atomic E-state index is 11.3. The molecule has 0 aromatic heterocycles. The number of rotatable bonds is 5. The number of nitrogens with zero attached hydrogens (tertiary/aromatic N) is 2. The summed E-state index contributed by atoms with van der Waals surface area (Å²) in [5.41, 5.74) is 4.94. The third-order valence-corrected chi connectivity index (χ3v) is 2.62. The van der Waals surface area contributed by atoms with Crippen molar-refractivity contribution >= 4 is 17.3 Å². The molecule has 7 nitrogen and oxygen atoms in total. The van der Waals surface area contributed by atoms with Gasteiger partial charge in [-0.05, 0) is 18.1 Å².